The molecule has 0 aliphatic carbocycles. The van der Waals surface area contributed by atoms with Crippen LogP contribution in [0.15, 0.2) is 60.7 Å². The van der Waals surface area contributed by atoms with E-state index in [1.54, 1.807) is 0 Å². The van der Waals surface area contributed by atoms with Crippen molar-refractivity contribution >= 4 is 23.2 Å². The first-order valence-electron chi connectivity index (χ1n) is 10.8. The van der Waals surface area contributed by atoms with Crippen LogP contribution in [-0.4, -0.2) is 74.0 Å². The smallest absolute Gasteiger partial charge is 0.242 e. The molecule has 0 N–H and O–H groups in total. The summed E-state index contributed by atoms with van der Waals surface area (Å²) in [6, 6.07) is 20.0. The Morgan fingerprint density at radius 3 is 1.30 bits per heavy atom. The summed E-state index contributed by atoms with van der Waals surface area (Å²) in [5, 5.41) is 0. The molecule has 0 atom stereocenters. The molecule has 1 aliphatic rings. The molecule has 1 aliphatic heterocycles. The number of anilines is 2. The first-order valence-corrected chi connectivity index (χ1v) is 10.8. The molecule has 0 radical (unpaired) electrons. The van der Waals surface area contributed by atoms with Crippen LogP contribution in [0.1, 0.15) is 13.8 Å². The summed E-state index contributed by atoms with van der Waals surface area (Å²) < 4.78 is 0. The molecular weight excluding hydrogens is 376 g/mol. The number of likely N-dealkylation sites (N-methyl/N-ethyl adjacent to an activating group) is 2. The maximum atomic E-state index is 12.8. The van der Waals surface area contributed by atoms with Crippen molar-refractivity contribution in [3.63, 3.8) is 0 Å². The molecule has 0 saturated carbocycles. The average molecular weight is 409 g/mol. The van der Waals surface area contributed by atoms with Gasteiger partial charge in [-0.1, -0.05) is 36.4 Å². The Morgan fingerprint density at radius 2 is 1.00 bits per heavy atom. The molecule has 6 heteroatoms. The zero-order valence-corrected chi connectivity index (χ0v) is 18.0. The Bertz CT molecular complexity index is 735. The molecule has 1 saturated heterocycles. The minimum absolute atomic E-state index is 0.118. The number of carbonyl (C=O) groups excluding carboxylic acids is 2. The van der Waals surface area contributed by atoms with Gasteiger partial charge in [-0.05, 0) is 38.1 Å². The van der Waals surface area contributed by atoms with Gasteiger partial charge < -0.3 is 19.6 Å². The normalized spacial score (nSPS) is 13.8. The molecule has 2 aromatic rings. The average Bonchev–Trinajstić information content (AvgIpc) is 2.81. The van der Waals surface area contributed by atoms with E-state index in [0.717, 1.165) is 24.5 Å². The third kappa shape index (κ3) is 5.53. The highest BCUT2D eigenvalue weighted by Crippen LogP contribution is 2.15. The lowest BCUT2D eigenvalue weighted by molar-refractivity contribution is -0.138. The maximum Gasteiger partial charge on any atom is 0.242 e. The number of benzene rings is 2. The highest BCUT2D eigenvalue weighted by atomic mass is 16.2. The lowest BCUT2D eigenvalue weighted by Gasteiger charge is -2.37. The van der Waals surface area contributed by atoms with Gasteiger partial charge in [0.05, 0.1) is 13.1 Å². The fourth-order valence-corrected chi connectivity index (χ4v) is 3.78. The minimum atomic E-state index is 0.118. The van der Waals surface area contributed by atoms with Crippen LogP contribution in [-0.2, 0) is 9.59 Å². The summed E-state index contributed by atoms with van der Waals surface area (Å²) in [7, 11) is 0. The van der Waals surface area contributed by atoms with Gasteiger partial charge in [-0.15, -0.1) is 0 Å². The van der Waals surface area contributed by atoms with E-state index in [1.165, 1.54) is 0 Å². The van der Waals surface area contributed by atoms with Crippen LogP contribution in [0, 0.1) is 0 Å². The van der Waals surface area contributed by atoms with Crippen molar-refractivity contribution in [2.75, 3.05) is 62.2 Å². The third-order valence-electron chi connectivity index (χ3n) is 5.64. The monoisotopic (exact) mass is 408 g/mol. The molecule has 0 spiro atoms. The SMILES string of the molecule is CCN(CC(=O)N1CCN(C(=O)CN(CC)c2ccccc2)CC1)c1ccccc1. The van der Waals surface area contributed by atoms with E-state index < -0.39 is 0 Å². The van der Waals surface area contributed by atoms with E-state index in [0.29, 0.717) is 39.3 Å². The van der Waals surface area contributed by atoms with Gasteiger partial charge in [-0.3, -0.25) is 9.59 Å². The summed E-state index contributed by atoms with van der Waals surface area (Å²) in [5.74, 6) is 0.236. The third-order valence-corrected chi connectivity index (χ3v) is 5.64. The molecule has 6 nitrogen and oxygen atoms in total. The van der Waals surface area contributed by atoms with Crippen LogP contribution in [0.5, 0.6) is 0 Å². The highest BCUT2D eigenvalue weighted by Gasteiger charge is 2.26. The Morgan fingerprint density at radius 1 is 0.667 bits per heavy atom. The fraction of sp³-hybridized carbons (Fsp3) is 0.417. The summed E-state index contributed by atoms with van der Waals surface area (Å²) >= 11 is 0. The number of rotatable bonds is 8. The van der Waals surface area contributed by atoms with E-state index in [9.17, 15) is 9.59 Å². The van der Waals surface area contributed by atoms with E-state index >= 15 is 0 Å². The first kappa shape index (κ1) is 21.7. The molecule has 2 aromatic carbocycles. The number of nitrogens with zero attached hydrogens (tertiary/aromatic N) is 4. The van der Waals surface area contributed by atoms with E-state index in [1.807, 2.05) is 70.5 Å². The number of amides is 2. The topological polar surface area (TPSA) is 47.1 Å². The Balaban J connectivity index is 1.50. The molecule has 1 heterocycles. The number of hydrogen-bond acceptors (Lipinski definition) is 4. The molecule has 160 valence electrons. The van der Waals surface area contributed by atoms with Gasteiger partial charge in [0.2, 0.25) is 11.8 Å². The predicted octanol–water partition coefficient (Wildman–Crippen LogP) is 2.71. The molecule has 1 fully saturated rings. The summed E-state index contributed by atoms with van der Waals surface area (Å²) in [6.45, 7) is 8.77. The van der Waals surface area contributed by atoms with Crippen molar-refractivity contribution in [3.8, 4) is 0 Å². The Labute approximate surface area is 179 Å². The fourth-order valence-electron chi connectivity index (χ4n) is 3.78. The summed E-state index contributed by atoms with van der Waals surface area (Å²) in [6.07, 6.45) is 0. The van der Waals surface area contributed by atoms with Gasteiger partial charge >= 0.3 is 0 Å². The first-order chi connectivity index (χ1) is 14.6. The molecule has 2 amide bonds. The number of hydrogen-bond donors (Lipinski definition) is 0. The van der Waals surface area contributed by atoms with Gasteiger partial charge in [0.1, 0.15) is 0 Å². The Kier molecular flexibility index (Phi) is 7.71. The van der Waals surface area contributed by atoms with Crippen molar-refractivity contribution in [1.82, 2.24) is 9.80 Å². The van der Waals surface area contributed by atoms with Crippen LogP contribution < -0.4 is 9.80 Å². The van der Waals surface area contributed by atoms with E-state index in [4.69, 9.17) is 0 Å². The van der Waals surface area contributed by atoms with Gasteiger partial charge in [0, 0.05) is 50.6 Å². The molecule has 0 unspecified atom stereocenters. The quantitative estimate of drug-likeness (QED) is 0.674. The van der Waals surface area contributed by atoms with Gasteiger partial charge in [-0.25, -0.2) is 0 Å². The van der Waals surface area contributed by atoms with Gasteiger partial charge in [-0.2, -0.15) is 0 Å². The summed E-state index contributed by atoms with van der Waals surface area (Å²) in [5.41, 5.74) is 2.12. The largest absolute Gasteiger partial charge is 0.362 e. The molecule has 0 bridgehead atoms. The molecular formula is C24H32N4O2. The van der Waals surface area contributed by atoms with Crippen LogP contribution in [0.4, 0.5) is 11.4 Å². The standard InChI is InChI=1S/C24H32N4O2/c1-3-25(21-11-7-5-8-12-21)19-23(29)27-15-17-28(18-16-27)24(30)20-26(4-2)22-13-9-6-10-14-22/h5-14H,3-4,15-20H2,1-2H3. The molecule has 3 rings (SSSR count). The van der Waals surface area contributed by atoms with Crippen LogP contribution in [0.25, 0.3) is 0 Å². The molecule has 30 heavy (non-hydrogen) atoms. The molecule has 0 aromatic heterocycles. The van der Waals surface area contributed by atoms with Crippen molar-refractivity contribution in [1.29, 1.82) is 0 Å². The zero-order valence-electron chi connectivity index (χ0n) is 18.0. The lowest BCUT2D eigenvalue weighted by atomic mass is 10.2. The second-order valence-corrected chi connectivity index (χ2v) is 7.46. The second kappa shape index (κ2) is 10.7. The minimum Gasteiger partial charge on any atom is -0.362 e. The summed E-state index contributed by atoms with van der Waals surface area (Å²) in [4.78, 5) is 33.5. The number of piperazine rings is 1. The zero-order chi connectivity index (χ0) is 21.3. The maximum absolute atomic E-state index is 12.8. The van der Waals surface area contributed by atoms with Crippen molar-refractivity contribution in [2.24, 2.45) is 0 Å². The second-order valence-electron chi connectivity index (χ2n) is 7.46. The number of para-hydroxylation sites is 2. The van der Waals surface area contributed by atoms with Crippen molar-refractivity contribution in [3.05, 3.63) is 60.7 Å². The van der Waals surface area contributed by atoms with Crippen LogP contribution >= 0.6 is 0 Å². The van der Waals surface area contributed by atoms with E-state index in [-0.39, 0.29) is 11.8 Å². The van der Waals surface area contributed by atoms with Crippen LogP contribution in [0.3, 0.4) is 0 Å². The predicted molar refractivity (Wildman–Crippen MR) is 122 cm³/mol. The van der Waals surface area contributed by atoms with Gasteiger partial charge in [0.15, 0.2) is 0 Å². The van der Waals surface area contributed by atoms with Crippen molar-refractivity contribution < 1.29 is 9.59 Å². The van der Waals surface area contributed by atoms with Crippen LogP contribution in [0.2, 0.25) is 0 Å². The Hall–Kier alpha value is -3.02. The number of carbonyl (C=O) groups is 2. The van der Waals surface area contributed by atoms with Crippen molar-refractivity contribution in [2.45, 2.75) is 13.8 Å². The lowest BCUT2D eigenvalue weighted by Crippen LogP contribution is -2.54. The van der Waals surface area contributed by atoms with E-state index in [2.05, 4.69) is 23.6 Å². The highest BCUT2D eigenvalue weighted by molar-refractivity contribution is 5.83. The van der Waals surface area contributed by atoms with Gasteiger partial charge in [0.25, 0.3) is 0 Å².